The summed E-state index contributed by atoms with van der Waals surface area (Å²) in [6.45, 7) is 1.08. The molecule has 3 heterocycles. The first kappa shape index (κ1) is 10.5. The first-order valence-corrected chi connectivity index (χ1v) is 5.99. The van der Waals surface area contributed by atoms with Crippen molar-refractivity contribution < 1.29 is 4.74 Å². The minimum absolute atomic E-state index is 0.394. The molecule has 0 aromatic carbocycles. The molecule has 90 valence electrons. The molecule has 1 aliphatic rings. The second-order valence-corrected chi connectivity index (χ2v) is 4.34. The van der Waals surface area contributed by atoms with Crippen LogP contribution >= 0.6 is 0 Å². The molecule has 1 atom stereocenters. The van der Waals surface area contributed by atoms with Gasteiger partial charge in [0.25, 0.3) is 0 Å². The fraction of sp³-hybridized carbons (Fsp3) is 0.500. The molecule has 3 rings (SSSR count). The molecule has 1 fully saturated rings. The maximum absolute atomic E-state index is 5.15. The molecule has 17 heavy (non-hydrogen) atoms. The molecule has 0 aliphatic carbocycles. The van der Waals surface area contributed by atoms with Crippen molar-refractivity contribution in [1.82, 2.24) is 19.7 Å². The van der Waals surface area contributed by atoms with Gasteiger partial charge < -0.3 is 10.1 Å². The van der Waals surface area contributed by atoms with Crippen molar-refractivity contribution >= 4 is 5.65 Å². The highest BCUT2D eigenvalue weighted by Crippen LogP contribution is 2.24. The monoisotopic (exact) mass is 232 g/mol. The maximum Gasteiger partial charge on any atom is 0.230 e. The standard InChI is InChI=1S/C12H16N4O/c1-17-12-8-16-10(6-14-11(16)7-15-12)9-4-2-3-5-13-9/h6-9,13H,2-5H2,1H3. The summed E-state index contributed by atoms with van der Waals surface area (Å²) in [6, 6.07) is 0.394. The predicted octanol–water partition coefficient (Wildman–Crippen LogP) is 1.55. The zero-order chi connectivity index (χ0) is 11.7. The summed E-state index contributed by atoms with van der Waals surface area (Å²) in [5.74, 6) is 0.618. The van der Waals surface area contributed by atoms with E-state index in [4.69, 9.17) is 4.74 Å². The number of rotatable bonds is 2. The highest BCUT2D eigenvalue weighted by molar-refractivity contribution is 5.39. The number of nitrogens with one attached hydrogen (secondary N) is 1. The van der Waals surface area contributed by atoms with Crippen LogP contribution in [0.15, 0.2) is 18.6 Å². The maximum atomic E-state index is 5.15. The zero-order valence-electron chi connectivity index (χ0n) is 9.89. The van der Waals surface area contributed by atoms with Gasteiger partial charge >= 0.3 is 0 Å². The average molecular weight is 232 g/mol. The van der Waals surface area contributed by atoms with E-state index in [2.05, 4.69) is 19.7 Å². The first-order chi connectivity index (χ1) is 8.38. The normalized spacial score (nSPS) is 20.6. The van der Waals surface area contributed by atoms with Crippen molar-refractivity contribution in [2.45, 2.75) is 25.3 Å². The Morgan fingerprint density at radius 1 is 1.35 bits per heavy atom. The van der Waals surface area contributed by atoms with Crippen LogP contribution in [0, 0.1) is 0 Å². The van der Waals surface area contributed by atoms with Crippen LogP contribution < -0.4 is 10.1 Å². The Morgan fingerprint density at radius 2 is 2.29 bits per heavy atom. The second kappa shape index (κ2) is 4.33. The number of aromatic nitrogens is 3. The predicted molar refractivity (Wildman–Crippen MR) is 64.1 cm³/mol. The number of fused-ring (bicyclic) bond motifs is 1. The van der Waals surface area contributed by atoms with Crippen molar-refractivity contribution in [3.05, 3.63) is 24.3 Å². The van der Waals surface area contributed by atoms with E-state index in [1.165, 1.54) is 25.0 Å². The molecule has 0 radical (unpaired) electrons. The Hall–Kier alpha value is -1.62. The summed E-state index contributed by atoms with van der Waals surface area (Å²) in [4.78, 5) is 8.53. The first-order valence-electron chi connectivity index (χ1n) is 5.99. The molecule has 5 nitrogen and oxygen atoms in total. The van der Waals surface area contributed by atoms with Gasteiger partial charge in [-0.25, -0.2) is 9.97 Å². The Morgan fingerprint density at radius 3 is 3.06 bits per heavy atom. The molecule has 2 aromatic rings. The number of imidazole rings is 1. The quantitative estimate of drug-likeness (QED) is 0.853. The van der Waals surface area contributed by atoms with E-state index in [1.54, 1.807) is 13.3 Å². The van der Waals surface area contributed by atoms with Gasteiger partial charge in [-0.2, -0.15) is 0 Å². The molecule has 1 unspecified atom stereocenters. The summed E-state index contributed by atoms with van der Waals surface area (Å²) in [5.41, 5.74) is 2.06. The molecular formula is C12H16N4O. The van der Waals surface area contributed by atoms with Crippen LogP contribution in [-0.2, 0) is 0 Å². The van der Waals surface area contributed by atoms with E-state index < -0.39 is 0 Å². The smallest absolute Gasteiger partial charge is 0.230 e. The molecule has 0 amide bonds. The molecule has 2 aromatic heterocycles. The Labute approximate surface area is 99.8 Å². The number of piperidine rings is 1. The van der Waals surface area contributed by atoms with Crippen molar-refractivity contribution in [2.24, 2.45) is 0 Å². The number of hydrogen-bond acceptors (Lipinski definition) is 4. The molecule has 1 N–H and O–H groups in total. The Kier molecular flexibility index (Phi) is 2.68. The van der Waals surface area contributed by atoms with Crippen molar-refractivity contribution in [3.63, 3.8) is 0 Å². The van der Waals surface area contributed by atoms with Crippen LogP contribution in [0.4, 0.5) is 0 Å². The highest BCUT2D eigenvalue weighted by Gasteiger charge is 2.18. The van der Waals surface area contributed by atoms with Crippen molar-refractivity contribution in [2.75, 3.05) is 13.7 Å². The van der Waals surface area contributed by atoms with Gasteiger partial charge in [0, 0.05) is 6.04 Å². The fourth-order valence-corrected chi connectivity index (χ4v) is 2.36. The van der Waals surface area contributed by atoms with Crippen LogP contribution in [0.3, 0.4) is 0 Å². The topological polar surface area (TPSA) is 51.5 Å². The molecule has 0 spiro atoms. The third-order valence-corrected chi connectivity index (χ3v) is 3.28. The highest BCUT2D eigenvalue weighted by atomic mass is 16.5. The number of ether oxygens (including phenoxy) is 1. The van der Waals surface area contributed by atoms with E-state index >= 15 is 0 Å². The minimum atomic E-state index is 0.394. The van der Waals surface area contributed by atoms with Gasteiger partial charge in [-0.05, 0) is 19.4 Å². The van der Waals surface area contributed by atoms with Crippen molar-refractivity contribution in [1.29, 1.82) is 0 Å². The Bertz CT molecular complexity index is 516. The lowest BCUT2D eigenvalue weighted by atomic mass is 10.0. The summed E-state index contributed by atoms with van der Waals surface area (Å²) in [7, 11) is 1.63. The van der Waals surface area contributed by atoms with Gasteiger partial charge in [0.15, 0.2) is 5.65 Å². The lowest BCUT2D eigenvalue weighted by Crippen LogP contribution is -2.27. The third-order valence-electron chi connectivity index (χ3n) is 3.28. The second-order valence-electron chi connectivity index (χ2n) is 4.34. The van der Waals surface area contributed by atoms with E-state index in [1.807, 2.05) is 12.4 Å². The molecule has 0 saturated carbocycles. The van der Waals surface area contributed by atoms with Gasteiger partial charge in [-0.1, -0.05) is 6.42 Å². The summed E-state index contributed by atoms with van der Waals surface area (Å²) in [6.07, 6.45) is 9.27. The lowest BCUT2D eigenvalue weighted by Gasteiger charge is -2.23. The number of hydrogen-bond donors (Lipinski definition) is 1. The molecule has 1 aliphatic heterocycles. The SMILES string of the molecule is COc1cn2c(C3CCCCN3)cnc2cn1. The Balaban J connectivity index is 2.02. The van der Waals surface area contributed by atoms with Crippen LogP contribution in [0.2, 0.25) is 0 Å². The molecule has 0 bridgehead atoms. The number of methoxy groups -OCH3 is 1. The summed E-state index contributed by atoms with van der Waals surface area (Å²) < 4.78 is 7.22. The van der Waals surface area contributed by atoms with Gasteiger partial charge in [0.1, 0.15) is 0 Å². The zero-order valence-corrected chi connectivity index (χ0v) is 9.89. The molecule has 5 heteroatoms. The lowest BCUT2D eigenvalue weighted by molar-refractivity contribution is 0.390. The van der Waals surface area contributed by atoms with Crippen LogP contribution in [0.1, 0.15) is 31.0 Å². The van der Waals surface area contributed by atoms with E-state index in [-0.39, 0.29) is 0 Å². The van der Waals surface area contributed by atoms with Crippen molar-refractivity contribution in [3.8, 4) is 5.88 Å². The van der Waals surface area contributed by atoms with E-state index in [0.29, 0.717) is 11.9 Å². The van der Waals surface area contributed by atoms with E-state index in [9.17, 15) is 0 Å². The molecular weight excluding hydrogens is 216 g/mol. The van der Waals surface area contributed by atoms with Gasteiger partial charge in [-0.3, -0.25) is 4.40 Å². The number of nitrogens with zero attached hydrogens (tertiary/aromatic N) is 3. The third kappa shape index (κ3) is 1.86. The van der Waals surface area contributed by atoms with Crippen LogP contribution in [-0.4, -0.2) is 28.0 Å². The molecule has 1 saturated heterocycles. The summed E-state index contributed by atoms with van der Waals surface area (Å²) >= 11 is 0. The van der Waals surface area contributed by atoms with Gasteiger partial charge in [-0.15, -0.1) is 0 Å². The van der Waals surface area contributed by atoms with Crippen LogP contribution in [0.5, 0.6) is 5.88 Å². The van der Waals surface area contributed by atoms with Gasteiger partial charge in [0.2, 0.25) is 5.88 Å². The minimum Gasteiger partial charge on any atom is -0.480 e. The largest absolute Gasteiger partial charge is 0.480 e. The average Bonchev–Trinajstić information content (AvgIpc) is 2.82. The van der Waals surface area contributed by atoms with E-state index in [0.717, 1.165) is 12.2 Å². The van der Waals surface area contributed by atoms with Gasteiger partial charge in [0.05, 0.1) is 31.4 Å². The van der Waals surface area contributed by atoms with Crippen LogP contribution in [0.25, 0.3) is 5.65 Å². The summed E-state index contributed by atoms with van der Waals surface area (Å²) in [5, 5.41) is 3.53. The fourth-order valence-electron chi connectivity index (χ4n) is 2.36.